The number of imidazole rings is 1. The molecule has 6 nitrogen and oxygen atoms in total. The van der Waals surface area contributed by atoms with Crippen molar-refractivity contribution in [1.82, 2.24) is 19.5 Å². The number of aryl methyl sites for hydroxylation is 2. The first-order chi connectivity index (χ1) is 10.1. The van der Waals surface area contributed by atoms with Gasteiger partial charge in [-0.25, -0.2) is 19.7 Å². The Kier molecular flexibility index (Phi) is 3.13. The molecule has 0 amide bonds. The quantitative estimate of drug-likeness (QED) is 0.796. The second-order valence-corrected chi connectivity index (χ2v) is 4.82. The molecule has 0 spiro atoms. The van der Waals surface area contributed by atoms with Crippen LogP contribution in [0.3, 0.4) is 0 Å². The third-order valence-corrected chi connectivity index (χ3v) is 3.34. The van der Waals surface area contributed by atoms with Crippen LogP contribution in [0.25, 0.3) is 11.0 Å². The zero-order valence-electron chi connectivity index (χ0n) is 11.7. The average molecular weight is 282 g/mol. The minimum absolute atomic E-state index is 0.249. The number of carboxylic acid groups (broad SMARTS) is 1. The lowest BCUT2D eigenvalue weighted by Crippen LogP contribution is -2.08. The number of benzene rings is 1. The molecule has 0 saturated heterocycles. The number of aromatic nitrogens is 4. The van der Waals surface area contributed by atoms with E-state index in [1.165, 1.54) is 0 Å². The van der Waals surface area contributed by atoms with Crippen molar-refractivity contribution in [2.75, 3.05) is 0 Å². The predicted octanol–water partition coefficient (Wildman–Crippen LogP) is 2.19. The molecule has 0 radical (unpaired) electrons. The van der Waals surface area contributed by atoms with Crippen LogP contribution < -0.4 is 0 Å². The summed E-state index contributed by atoms with van der Waals surface area (Å²) in [4.78, 5) is 24.3. The topological polar surface area (TPSA) is 80.9 Å². The number of nitrogens with zero attached hydrogens (tertiary/aromatic N) is 4. The van der Waals surface area contributed by atoms with Gasteiger partial charge >= 0.3 is 5.97 Å². The largest absolute Gasteiger partial charge is 0.478 e. The highest BCUT2D eigenvalue weighted by Crippen LogP contribution is 2.21. The Morgan fingerprint density at radius 3 is 2.76 bits per heavy atom. The molecule has 0 aliphatic rings. The summed E-state index contributed by atoms with van der Waals surface area (Å²) in [6.07, 6.45) is 1.70. The van der Waals surface area contributed by atoms with Crippen LogP contribution in [0, 0.1) is 13.8 Å². The standard InChI is InChI=1S/C15H14N4O2/c1-9-16-7-6-11(17-9)8-19-10(2)18-13-5-3-4-12(14(13)19)15(20)21/h3-7H,8H2,1-2H3,(H,20,21). The van der Waals surface area contributed by atoms with Gasteiger partial charge in [0.25, 0.3) is 0 Å². The minimum Gasteiger partial charge on any atom is -0.478 e. The van der Waals surface area contributed by atoms with E-state index in [-0.39, 0.29) is 5.56 Å². The highest BCUT2D eigenvalue weighted by atomic mass is 16.4. The Morgan fingerprint density at radius 1 is 1.24 bits per heavy atom. The first-order valence-electron chi connectivity index (χ1n) is 6.54. The number of aromatic carboxylic acids is 1. The van der Waals surface area contributed by atoms with Crippen LogP contribution in [0.15, 0.2) is 30.5 Å². The summed E-state index contributed by atoms with van der Waals surface area (Å²) in [6.45, 7) is 4.15. The van der Waals surface area contributed by atoms with Gasteiger partial charge in [0.15, 0.2) is 0 Å². The summed E-state index contributed by atoms with van der Waals surface area (Å²) in [6, 6.07) is 6.93. The normalized spacial score (nSPS) is 11.0. The van der Waals surface area contributed by atoms with Crippen molar-refractivity contribution in [2.45, 2.75) is 20.4 Å². The summed E-state index contributed by atoms with van der Waals surface area (Å²) >= 11 is 0. The molecule has 3 aromatic rings. The fourth-order valence-corrected chi connectivity index (χ4v) is 2.42. The number of para-hydroxylation sites is 1. The molecule has 6 heteroatoms. The third kappa shape index (κ3) is 2.35. The molecule has 0 fully saturated rings. The molecular formula is C15H14N4O2. The Labute approximate surface area is 121 Å². The number of hydrogen-bond donors (Lipinski definition) is 1. The van der Waals surface area contributed by atoms with Crippen LogP contribution in [0.2, 0.25) is 0 Å². The van der Waals surface area contributed by atoms with Gasteiger partial charge in [-0.1, -0.05) is 6.07 Å². The SMILES string of the molecule is Cc1nccc(Cn2c(C)nc3cccc(C(=O)O)c32)n1. The van der Waals surface area contributed by atoms with Crippen LogP contribution in [0.5, 0.6) is 0 Å². The highest BCUT2D eigenvalue weighted by molar-refractivity contribution is 6.01. The Balaban J connectivity index is 2.18. The zero-order chi connectivity index (χ0) is 15.0. The number of rotatable bonds is 3. The summed E-state index contributed by atoms with van der Waals surface area (Å²) in [5, 5.41) is 9.36. The minimum atomic E-state index is -0.958. The molecule has 1 aromatic carbocycles. The summed E-state index contributed by atoms with van der Waals surface area (Å²) in [7, 11) is 0. The van der Waals surface area contributed by atoms with Crippen molar-refractivity contribution in [3.8, 4) is 0 Å². The molecule has 106 valence electrons. The van der Waals surface area contributed by atoms with Gasteiger partial charge in [0.2, 0.25) is 0 Å². The fourth-order valence-electron chi connectivity index (χ4n) is 2.42. The first kappa shape index (κ1) is 13.2. The molecule has 0 bridgehead atoms. The number of carboxylic acids is 1. The van der Waals surface area contributed by atoms with Gasteiger partial charge < -0.3 is 9.67 Å². The maximum Gasteiger partial charge on any atom is 0.337 e. The van der Waals surface area contributed by atoms with Crippen molar-refractivity contribution in [3.63, 3.8) is 0 Å². The lowest BCUT2D eigenvalue weighted by atomic mass is 10.2. The van der Waals surface area contributed by atoms with Gasteiger partial charge in [0.1, 0.15) is 11.6 Å². The molecule has 0 aliphatic carbocycles. The molecule has 0 unspecified atom stereocenters. The molecule has 3 rings (SSSR count). The van der Waals surface area contributed by atoms with Gasteiger partial charge in [-0.05, 0) is 32.0 Å². The summed E-state index contributed by atoms with van der Waals surface area (Å²) in [5.41, 5.74) is 2.38. The molecular weight excluding hydrogens is 268 g/mol. The molecule has 21 heavy (non-hydrogen) atoms. The molecule has 2 heterocycles. The number of fused-ring (bicyclic) bond motifs is 1. The molecule has 2 aromatic heterocycles. The van der Waals surface area contributed by atoms with E-state index in [0.29, 0.717) is 23.4 Å². The maximum atomic E-state index is 11.4. The molecule has 1 N–H and O–H groups in total. The summed E-state index contributed by atoms with van der Waals surface area (Å²) < 4.78 is 1.88. The smallest absolute Gasteiger partial charge is 0.337 e. The van der Waals surface area contributed by atoms with Crippen molar-refractivity contribution in [2.24, 2.45) is 0 Å². The van der Waals surface area contributed by atoms with Gasteiger partial charge in [-0.2, -0.15) is 0 Å². The Hall–Kier alpha value is -2.76. The van der Waals surface area contributed by atoms with Gasteiger partial charge in [-0.15, -0.1) is 0 Å². The zero-order valence-corrected chi connectivity index (χ0v) is 11.7. The van der Waals surface area contributed by atoms with E-state index in [2.05, 4.69) is 15.0 Å². The van der Waals surface area contributed by atoms with Gasteiger partial charge in [0.05, 0.1) is 28.8 Å². The van der Waals surface area contributed by atoms with E-state index in [9.17, 15) is 9.90 Å². The maximum absolute atomic E-state index is 11.4. The highest BCUT2D eigenvalue weighted by Gasteiger charge is 2.16. The van der Waals surface area contributed by atoms with Gasteiger partial charge in [0, 0.05) is 6.20 Å². The Morgan fingerprint density at radius 2 is 2.05 bits per heavy atom. The van der Waals surface area contributed by atoms with E-state index < -0.39 is 5.97 Å². The van der Waals surface area contributed by atoms with Crippen LogP contribution in [0.1, 0.15) is 27.7 Å². The molecule has 0 aliphatic heterocycles. The van der Waals surface area contributed by atoms with Gasteiger partial charge in [-0.3, -0.25) is 0 Å². The molecule has 0 saturated carbocycles. The van der Waals surface area contributed by atoms with Crippen LogP contribution in [0.4, 0.5) is 0 Å². The van der Waals surface area contributed by atoms with Crippen molar-refractivity contribution < 1.29 is 9.90 Å². The summed E-state index contributed by atoms with van der Waals surface area (Å²) in [5.74, 6) is 0.489. The third-order valence-electron chi connectivity index (χ3n) is 3.34. The predicted molar refractivity (Wildman–Crippen MR) is 77.3 cm³/mol. The van der Waals surface area contributed by atoms with Crippen molar-refractivity contribution in [3.05, 3.63) is 53.4 Å². The van der Waals surface area contributed by atoms with E-state index >= 15 is 0 Å². The van der Waals surface area contributed by atoms with Crippen molar-refractivity contribution >= 4 is 17.0 Å². The van der Waals surface area contributed by atoms with Crippen LogP contribution in [-0.4, -0.2) is 30.6 Å². The lowest BCUT2D eigenvalue weighted by molar-refractivity contribution is 0.0698. The number of carbonyl (C=O) groups is 1. The van der Waals surface area contributed by atoms with Crippen LogP contribution >= 0.6 is 0 Å². The van der Waals surface area contributed by atoms with E-state index in [4.69, 9.17) is 0 Å². The lowest BCUT2D eigenvalue weighted by Gasteiger charge is -2.08. The first-order valence-corrected chi connectivity index (χ1v) is 6.54. The van der Waals surface area contributed by atoms with Crippen molar-refractivity contribution in [1.29, 1.82) is 0 Å². The second-order valence-electron chi connectivity index (χ2n) is 4.82. The Bertz CT molecular complexity index is 839. The average Bonchev–Trinajstić information content (AvgIpc) is 2.75. The van der Waals surface area contributed by atoms with E-state index in [0.717, 1.165) is 11.5 Å². The number of hydrogen-bond acceptors (Lipinski definition) is 4. The second kappa shape index (κ2) is 4.97. The van der Waals surface area contributed by atoms with E-state index in [1.807, 2.05) is 30.5 Å². The fraction of sp³-hybridized carbons (Fsp3) is 0.200. The monoisotopic (exact) mass is 282 g/mol. The van der Waals surface area contributed by atoms with E-state index in [1.54, 1.807) is 18.3 Å². The molecule has 0 atom stereocenters. The van der Waals surface area contributed by atoms with Crippen LogP contribution in [-0.2, 0) is 6.54 Å².